The van der Waals surface area contributed by atoms with Crippen LogP contribution >= 0.6 is 0 Å². The summed E-state index contributed by atoms with van der Waals surface area (Å²) in [5, 5.41) is 3.09. The number of hydrogen-bond acceptors (Lipinski definition) is 2. The first kappa shape index (κ1) is 11.3. The van der Waals surface area contributed by atoms with Gasteiger partial charge in [0.25, 0.3) is 0 Å². The van der Waals surface area contributed by atoms with Gasteiger partial charge in [0.15, 0.2) is 11.6 Å². The largest absolute Gasteiger partial charge is 0.494 e. The maximum absolute atomic E-state index is 14.5. The zero-order valence-electron chi connectivity index (χ0n) is 9.22. The van der Waals surface area contributed by atoms with E-state index in [4.69, 9.17) is 4.74 Å². The molecule has 0 bridgehead atoms. The summed E-state index contributed by atoms with van der Waals surface area (Å²) in [5.41, 5.74) is -0.995. The van der Waals surface area contributed by atoms with Crippen LogP contribution in [0.3, 0.4) is 0 Å². The lowest BCUT2D eigenvalue weighted by atomic mass is 9.87. The number of alkyl halides is 1. The van der Waals surface area contributed by atoms with Gasteiger partial charge >= 0.3 is 0 Å². The third-order valence-electron chi connectivity index (χ3n) is 3.07. The molecular weight excluding hydrogens is 212 g/mol. The second-order valence-electron chi connectivity index (χ2n) is 4.06. The number of nitrogens with one attached hydrogen (secondary N) is 1. The molecule has 1 heterocycles. The highest BCUT2D eigenvalue weighted by Gasteiger charge is 2.34. The average Bonchev–Trinajstić information content (AvgIpc) is 2.30. The Kier molecular flexibility index (Phi) is 3.10. The van der Waals surface area contributed by atoms with Crippen LogP contribution in [-0.4, -0.2) is 20.2 Å². The standard InChI is InChI=1S/C12H15F2NO/c1-16-11-3-2-9(8-10(11)13)12(14)4-6-15-7-5-12/h2-3,8,15H,4-7H2,1H3. The van der Waals surface area contributed by atoms with E-state index in [9.17, 15) is 8.78 Å². The lowest BCUT2D eigenvalue weighted by Gasteiger charge is -2.30. The Labute approximate surface area is 93.6 Å². The highest BCUT2D eigenvalue weighted by atomic mass is 19.1. The van der Waals surface area contributed by atoms with Gasteiger partial charge in [-0.2, -0.15) is 0 Å². The molecule has 0 atom stereocenters. The van der Waals surface area contributed by atoms with Crippen LogP contribution in [0.15, 0.2) is 18.2 Å². The van der Waals surface area contributed by atoms with Crippen molar-refractivity contribution in [2.45, 2.75) is 18.5 Å². The van der Waals surface area contributed by atoms with E-state index in [0.29, 0.717) is 31.5 Å². The van der Waals surface area contributed by atoms with E-state index >= 15 is 0 Å². The predicted octanol–water partition coefficient (Wildman–Crippen LogP) is 2.38. The smallest absolute Gasteiger partial charge is 0.165 e. The van der Waals surface area contributed by atoms with Crippen molar-refractivity contribution in [3.63, 3.8) is 0 Å². The zero-order chi connectivity index (χ0) is 11.6. The fourth-order valence-corrected chi connectivity index (χ4v) is 2.06. The first-order valence-corrected chi connectivity index (χ1v) is 5.39. The van der Waals surface area contributed by atoms with Crippen LogP contribution in [0.25, 0.3) is 0 Å². The number of methoxy groups -OCH3 is 1. The van der Waals surface area contributed by atoms with Gasteiger partial charge in [0.1, 0.15) is 5.67 Å². The quantitative estimate of drug-likeness (QED) is 0.837. The molecule has 1 fully saturated rings. The minimum absolute atomic E-state index is 0.154. The second-order valence-corrected chi connectivity index (χ2v) is 4.06. The average molecular weight is 227 g/mol. The van der Waals surface area contributed by atoms with Crippen molar-refractivity contribution in [1.29, 1.82) is 0 Å². The molecule has 0 spiro atoms. The summed E-state index contributed by atoms with van der Waals surface area (Å²) in [5.74, 6) is -0.350. The number of ether oxygens (including phenoxy) is 1. The third-order valence-corrected chi connectivity index (χ3v) is 3.07. The summed E-state index contributed by atoms with van der Waals surface area (Å²) in [6.45, 7) is 1.26. The van der Waals surface area contributed by atoms with Crippen molar-refractivity contribution in [3.8, 4) is 5.75 Å². The highest BCUT2D eigenvalue weighted by Crippen LogP contribution is 2.36. The van der Waals surface area contributed by atoms with Gasteiger partial charge in [0.2, 0.25) is 0 Å². The molecule has 4 heteroatoms. The van der Waals surface area contributed by atoms with Crippen LogP contribution in [0.1, 0.15) is 18.4 Å². The molecule has 1 aromatic rings. The maximum atomic E-state index is 14.5. The van der Waals surface area contributed by atoms with E-state index in [1.165, 1.54) is 19.2 Å². The molecule has 2 nitrogen and oxygen atoms in total. The first-order chi connectivity index (χ1) is 7.65. The molecular formula is C12H15F2NO. The van der Waals surface area contributed by atoms with Crippen LogP contribution in [0, 0.1) is 5.82 Å². The summed E-state index contributed by atoms with van der Waals surface area (Å²) in [6.07, 6.45) is 0.775. The van der Waals surface area contributed by atoms with E-state index in [1.54, 1.807) is 6.07 Å². The molecule has 0 aliphatic carbocycles. The second kappa shape index (κ2) is 4.37. The van der Waals surface area contributed by atoms with Crippen LogP contribution in [-0.2, 0) is 5.67 Å². The summed E-state index contributed by atoms with van der Waals surface area (Å²) in [6, 6.07) is 4.32. The maximum Gasteiger partial charge on any atom is 0.165 e. The van der Waals surface area contributed by atoms with Crippen LogP contribution in [0.4, 0.5) is 8.78 Å². The Hall–Kier alpha value is -1.16. The molecule has 0 saturated carbocycles. The molecule has 0 aromatic heterocycles. The number of piperidine rings is 1. The van der Waals surface area contributed by atoms with Crippen LogP contribution < -0.4 is 10.1 Å². The SMILES string of the molecule is COc1ccc(C2(F)CCNCC2)cc1F. The minimum atomic E-state index is -1.40. The molecule has 1 aliphatic heterocycles. The van der Waals surface area contributed by atoms with Gasteiger partial charge in [-0.1, -0.05) is 6.07 Å². The van der Waals surface area contributed by atoms with Crippen molar-refractivity contribution in [1.82, 2.24) is 5.32 Å². The van der Waals surface area contributed by atoms with E-state index < -0.39 is 11.5 Å². The van der Waals surface area contributed by atoms with Crippen LogP contribution in [0.2, 0.25) is 0 Å². The monoisotopic (exact) mass is 227 g/mol. The lowest BCUT2D eigenvalue weighted by molar-refractivity contribution is 0.115. The molecule has 1 aromatic carbocycles. The van der Waals surface area contributed by atoms with Gasteiger partial charge in [0.05, 0.1) is 7.11 Å². The molecule has 0 amide bonds. The van der Waals surface area contributed by atoms with Gasteiger partial charge in [-0.15, -0.1) is 0 Å². The van der Waals surface area contributed by atoms with E-state index in [-0.39, 0.29) is 5.75 Å². The Balaban J connectivity index is 2.29. The Bertz CT molecular complexity index is 375. The normalized spacial score (nSPS) is 19.4. The topological polar surface area (TPSA) is 21.3 Å². The van der Waals surface area contributed by atoms with Gasteiger partial charge in [-0.25, -0.2) is 8.78 Å². The van der Waals surface area contributed by atoms with Gasteiger partial charge in [-0.05, 0) is 43.6 Å². The van der Waals surface area contributed by atoms with Crippen molar-refractivity contribution in [2.75, 3.05) is 20.2 Å². The van der Waals surface area contributed by atoms with Crippen molar-refractivity contribution in [2.24, 2.45) is 0 Å². The van der Waals surface area contributed by atoms with E-state index in [2.05, 4.69) is 5.32 Å². The predicted molar refractivity (Wildman–Crippen MR) is 57.8 cm³/mol. The highest BCUT2D eigenvalue weighted by molar-refractivity contribution is 5.33. The zero-order valence-corrected chi connectivity index (χ0v) is 9.22. The minimum Gasteiger partial charge on any atom is -0.494 e. The van der Waals surface area contributed by atoms with Gasteiger partial charge < -0.3 is 10.1 Å². The van der Waals surface area contributed by atoms with Gasteiger partial charge in [0, 0.05) is 0 Å². The third kappa shape index (κ3) is 2.02. The molecule has 1 saturated heterocycles. The number of rotatable bonds is 2. The molecule has 0 radical (unpaired) electrons. The van der Waals surface area contributed by atoms with E-state index in [0.717, 1.165) is 0 Å². The van der Waals surface area contributed by atoms with Crippen molar-refractivity contribution >= 4 is 0 Å². The summed E-state index contributed by atoms with van der Waals surface area (Å²) >= 11 is 0. The molecule has 0 unspecified atom stereocenters. The molecule has 88 valence electrons. The molecule has 1 aliphatic rings. The number of halogens is 2. The Morgan fingerprint density at radius 1 is 1.31 bits per heavy atom. The van der Waals surface area contributed by atoms with Gasteiger partial charge in [-0.3, -0.25) is 0 Å². The summed E-state index contributed by atoms with van der Waals surface area (Å²) < 4.78 is 32.8. The first-order valence-electron chi connectivity index (χ1n) is 5.39. The van der Waals surface area contributed by atoms with Crippen molar-refractivity contribution in [3.05, 3.63) is 29.6 Å². The van der Waals surface area contributed by atoms with Crippen molar-refractivity contribution < 1.29 is 13.5 Å². The molecule has 16 heavy (non-hydrogen) atoms. The summed E-state index contributed by atoms with van der Waals surface area (Å²) in [7, 11) is 1.40. The number of benzene rings is 1. The summed E-state index contributed by atoms with van der Waals surface area (Å²) in [4.78, 5) is 0. The fraction of sp³-hybridized carbons (Fsp3) is 0.500. The molecule has 1 N–H and O–H groups in total. The van der Waals surface area contributed by atoms with E-state index in [1.807, 2.05) is 0 Å². The Morgan fingerprint density at radius 2 is 2.00 bits per heavy atom. The Morgan fingerprint density at radius 3 is 2.56 bits per heavy atom. The lowest BCUT2D eigenvalue weighted by Crippen LogP contribution is -2.36. The van der Waals surface area contributed by atoms with Crippen LogP contribution in [0.5, 0.6) is 5.75 Å². The molecule has 2 rings (SSSR count). The number of hydrogen-bond donors (Lipinski definition) is 1. The fourth-order valence-electron chi connectivity index (χ4n) is 2.06.